The highest BCUT2D eigenvalue weighted by Gasteiger charge is 2.17. The van der Waals surface area contributed by atoms with Crippen LogP contribution < -0.4 is 5.73 Å². The van der Waals surface area contributed by atoms with Gasteiger partial charge in [-0.1, -0.05) is 24.3 Å². The van der Waals surface area contributed by atoms with E-state index in [0.29, 0.717) is 16.9 Å². The van der Waals surface area contributed by atoms with E-state index in [0.717, 1.165) is 10.8 Å². The summed E-state index contributed by atoms with van der Waals surface area (Å²) in [7, 11) is 0. The SMILES string of the molecule is Cc1nc(-c2cc(N)c3ccccc3c2)oc1C(=O)O. The number of oxazole rings is 1. The Hall–Kier alpha value is -2.82. The third-order valence-electron chi connectivity index (χ3n) is 3.13. The average molecular weight is 268 g/mol. The van der Waals surface area contributed by atoms with Crippen molar-refractivity contribution >= 4 is 22.4 Å². The van der Waals surface area contributed by atoms with Crippen molar-refractivity contribution in [3.05, 3.63) is 47.9 Å². The van der Waals surface area contributed by atoms with Crippen LogP contribution in [0.5, 0.6) is 0 Å². The Morgan fingerprint density at radius 3 is 2.75 bits per heavy atom. The maximum absolute atomic E-state index is 11.0. The average Bonchev–Trinajstić information content (AvgIpc) is 2.81. The number of aromatic carboxylic acids is 1. The highest BCUT2D eigenvalue weighted by molar-refractivity contribution is 5.96. The molecule has 0 aliphatic carbocycles. The topological polar surface area (TPSA) is 89.4 Å². The van der Waals surface area contributed by atoms with Gasteiger partial charge in [-0.3, -0.25) is 0 Å². The summed E-state index contributed by atoms with van der Waals surface area (Å²) in [6, 6.07) is 11.3. The molecule has 0 atom stereocenters. The Labute approximate surface area is 114 Å². The van der Waals surface area contributed by atoms with Crippen LogP contribution in [0.2, 0.25) is 0 Å². The molecule has 5 nitrogen and oxygen atoms in total. The van der Waals surface area contributed by atoms with Crippen LogP contribution >= 0.6 is 0 Å². The molecule has 0 aliphatic rings. The molecule has 3 aromatic rings. The summed E-state index contributed by atoms with van der Waals surface area (Å²) in [5.41, 5.74) is 7.63. The van der Waals surface area contributed by atoms with Gasteiger partial charge >= 0.3 is 5.97 Å². The van der Waals surface area contributed by atoms with Crippen molar-refractivity contribution in [2.24, 2.45) is 0 Å². The van der Waals surface area contributed by atoms with Gasteiger partial charge < -0.3 is 15.3 Å². The molecule has 20 heavy (non-hydrogen) atoms. The van der Waals surface area contributed by atoms with Crippen molar-refractivity contribution in [2.45, 2.75) is 6.92 Å². The lowest BCUT2D eigenvalue weighted by Gasteiger charge is -2.04. The van der Waals surface area contributed by atoms with E-state index in [1.165, 1.54) is 0 Å². The molecule has 0 bridgehead atoms. The lowest BCUT2D eigenvalue weighted by atomic mass is 10.1. The van der Waals surface area contributed by atoms with Crippen molar-refractivity contribution in [1.29, 1.82) is 0 Å². The van der Waals surface area contributed by atoms with Gasteiger partial charge in [-0.15, -0.1) is 0 Å². The number of aromatic nitrogens is 1. The number of anilines is 1. The second kappa shape index (κ2) is 4.38. The summed E-state index contributed by atoms with van der Waals surface area (Å²) >= 11 is 0. The number of nitrogens with two attached hydrogens (primary N) is 1. The predicted octanol–water partition coefficient (Wildman–Crippen LogP) is 3.08. The van der Waals surface area contributed by atoms with E-state index in [4.69, 9.17) is 15.3 Å². The van der Waals surface area contributed by atoms with Crippen LogP contribution in [-0.4, -0.2) is 16.1 Å². The number of hydrogen-bond acceptors (Lipinski definition) is 4. The largest absolute Gasteiger partial charge is 0.475 e. The molecule has 0 saturated carbocycles. The van der Waals surface area contributed by atoms with Crippen molar-refractivity contribution in [3.8, 4) is 11.5 Å². The number of carboxylic acids is 1. The minimum Gasteiger partial charge on any atom is -0.475 e. The van der Waals surface area contributed by atoms with Crippen LogP contribution in [0.4, 0.5) is 5.69 Å². The molecule has 0 radical (unpaired) electrons. The standard InChI is InChI=1S/C15H12N2O3/c1-8-13(15(18)19)20-14(17-8)10-6-9-4-2-3-5-11(9)12(16)7-10/h2-7H,16H2,1H3,(H,18,19). The first-order valence-electron chi connectivity index (χ1n) is 6.05. The van der Waals surface area contributed by atoms with Crippen LogP contribution in [0.1, 0.15) is 16.2 Å². The Kier molecular flexibility index (Phi) is 2.68. The summed E-state index contributed by atoms with van der Waals surface area (Å²) in [6.07, 6.45) is 0. The molecule has 5 heteroatoms. The second-order valence-corrected chi connectivity index (χ2v) is 4.53. The first-order chi connectivity index (χ1) is 9.56. The zero-order valence-corrected chi connectivity index (χ0v) is 10.8. The zero-order valence-electron chi connectivity index (χ0n) is 10.8. The Bertz CT molecular complexity index is 821. The number of hydrogen-bond donors (Lipinski definition) is 2. The molecule has 0 saturated heterocycles. The number of fused-ring (bicyclic) bond motifs is 1. The summed E-state index contributed by atoms with van der Waals surface area (Å²) in [6.45, 7) is 1.60. The summed E-state index contributed by atoms with van der Waals surface area (Å²) in [5.74, 6) is -1.01. The van der Waals surface area contributed by atoms with Crippen LogP contribution in [0, 0.1) is 6.92 Å². The minimum atomic E-state index is -1.13. The van der Waals surface area contributed by atoms with Crippen molar-refractivity contribution in [2.75, 3.05) is 5.73 Å². The summed E-state index contributed by atoms with van der Waals surface area (Å²) < 4.78 is 5.30. The smallest absolute Gasteiger partial charge is 0.373 e. The highest BCUT2D eigenvalue weighted by atomic mass is 16.4. The number of carboxylic acid groups (broad SMARTS) is 1. The second-order valence-electron chi connectivity index (χ2n) is 4.53. The first-order valence-corrected chi connectivity index (χ1v) is 6.05. The molecule has 3 rings (SSSR count). The lowest BCUT2D eigenvalue weighted by Crippen LogP contribution is -1.95. The van der Waals surface area contributed by atoms with Crippen LogP contribution in [0.3, 0.4) is 0 Å². The van der Waals surface area contributed by atoms with Crippen LogP contribution in [-0.2, 0) is 0 Å². The zero-order chi connectivity index (χ0) is 14.3. The van der Waals surface area contributed by atoms with E-state index in [1.807, 2.05) is 30.3 Å². The Morgan fingerprint density at radius 1 is 1.30 bits per heavy atom. The van der Waals surface area contributed by atoms with Crippen LogP contribution in [0.15, 0.2) is 40.8 Å². The molecule has 1 heterocycles. The fourth-order valence-corrected chi connectivity index (χ4v) is 2.18. The van der Waals surface area contributed by atoms with E-state index in [2.05, 4.69) is 4.98 Å². The predicted molar refractivity (Wildman–Crippen MR) is 75.6 cm³/mol. The van der Waals surface area contributed by atoms with Gasteiger partial charge in [-0.05, 0) is 24.4 Å². The van der Waals surface area contributed by atoms with Gasteiger partial charge in [0, 0.05) is 16.6 Å². The molecular formula is C15H12N2O3. The van der Waals surface area contributed by atoms with Gasteiger partial charge in [0.1, 0.15) is 0 Å². The fourth-order valence-electron chi connectivity index (χ4n) is 2.18. The number of carbonyl (C=O) groups is 1. The molecule has 0 aliphatic heterocycles. The fraction of sp³-hybridized carbons (Fsp3) is 0.0667. The van der Waals surface area contributed by atoms with E-state index in [-0.39, 0.29) is 11.7 Å². The number of benzene rings is 2. The van der Waals surface area contributed by atoms with E-state index in [1.54, 1.807) is 13.0 Å². The van der Waals surface area contributed by atoms with Crippen molar-refractivity contribution in [3.63, 3.8) is 0 Å². The minimum absolute atomic E-state index is 0.147. The number of aryl methyl sites for hydroxylation is 1. The quantitative estimate of drug-likeness (QED) is 0.697. The maximum atomic E-state index is 11.0. The highest BCUT2D eigenvalue weighted by Crippen LogP contribution is 2.29. The number of rotatable bonds is 2. The monoisotopic (exact) mass is 268 g/mol. The molecule has 0 spiro atoms. The van der Waals surface area contributed by atoms with E-state index < -0.39 is 5.97 Å². The van der Waals surface area contributed by atoms with Gasteiger partial charge in [0.25, 0.3) is 0 Å². The number of nitrogens with zero attached hydrogens (tertiary/aromatic N) is 1. The van der Waals surface area contributed by atoms with Crippen LogP contribution in [0.25, 0.3) is 22.2 Å². The summed E-state index contributed by atoms with van der Waals surface area (Å²) in [5, 5.41) is 10.9. The first kappa shape index (κ1) is 12.2. The van der Waals surface area contributed by atoms with Gasteiger partial charge in [-0.2, -0.15) is 0 Å². The molecule has 0 unspecified atom stereocenters. The Balaban J connectivity index is 2.19. The van der Waals surface area contributed by atoms with Gasteiger partial charge in [0.05, 0.1) is 5.69 Å². The van der Waals surface area contributed by atoms with E-state index >= 15 is 0 Å². The van der Waals surface area contributed by atoms with Gasteiger partial charge in [0.2, 0.25) is 11.7 Å². The Morgan fingerprint density at radius 2 is 2.05 bits per heavy atom. The van der Waals surface area contributed by atoms with Gasteiger partial charge in [-0.25, -0.2) is 9.78 Å². The lowest BCUT2D eigenvalue weighted by molar-refractivity contribution is 0.0662. The molecule has 2 aromatic carbocycles. The van der Waals surface area contributed by atoms with Crippen molar-refractivity contribution in [1.82, 2.24) is 4.98 Å². The third-order valence-corrected chi connectivity index (χ3v) is 3.13. The number of nitrogen functional groups attached to an aromatic ring is 1. The molecular weight excluding hydrogens is 256 g/mol. The van der Waals surface area contributed by atoms with Gasteiger partial charge in [0.15, 0.2) is 0 Å². The molecule has 0 amide bonds. The molecule has 3 N–H and O–H groups in total. The molecule has 0 fully saturated rings. The normalized spacial score (nSPS) is 10.8. The van der Waals surface area contributed by atoms with E-state index in [9.17, 15) is 4.79 Å². The third kappa shape index (κ3) is 1.89. The maximum Gasteiger partial charge on any atom is 0.373 e. The molecule has 100 valence electrons. The van der Waals surface area contributed by atoms with Crippen molar-refractivity contribution < 1.29 is 14.3 Å². The molecule has 1 aromatic heterocycles. The summed E-state index contributed by atoms with van der Waals surface area (Å²) in [4.78, 5) is 15.1.